The third-order valence-electron chi connectivity index (χ3n) is 3.46. The maximum Gasteiger partial charge on any atom is 0.244 e. The first-order valence-electron chi connectivity index (χ1n) is 6.76. The summed E-state index contributed by atoms with van der Waals surface area (Å²) in [6, 6.07) is 1.42. The predicted octanol–water partition coefficient (Wildman–Crippen LogP) is 0.948. The van der Waals surface area contributed by atoms with Crippen molar-refractivity contribution in [1.82, 2.24) is 24.5 Å². The number of aryl methyl sites for hydroxylation is 2. The Labute approximate surface area is 123 Å². The lowest BCUT2D eigenvalue weighted by atomic mass is 10.2. The van der Waals surface area contributed by atoms with Gasteiger partial charge in [-0.3, -0.25) is 4.68 Å². The Balaban J connectivity index is 1.89. The lowest BCUT2D eigenvalue weighted by Gasteiger charge is -2.16. The molecule has 112 valence electrons. The fourth-order valence-electron chi connectivity index (χ4n) is 2.18. The molecule has 1 fully saturated rings. The summed E-state index contributed by atoms with van der Waals surface area (Å²) in [5.41, 5.74) is 0.825. The number of nitrogens with zero attached hydrogens (tertiary/aromatic N) is 4. The minimum Gasteiger partial charge on any atom is -0.274 e. The quantitative estimate of drug-likeness (QED) is 0.888. The molecule has 1 aliphatic carbocycles. The van der Waals surface area contributed by atoms with Crippen LogP contribution in [0.3, 0.4) is 0 Å². The second-order valence-electron chi connectivity index (χ2n) is 5.34. The smallest absolute Gasteiger partial charge is 0.244 e. The van der Waals surface area contributed by atoms with E-state index in [0.29, 0.717) is 5.82 Å². The number of aromatic nitrogens is 4. The number of hydrogen-bond donors (Lipinski definition) is 1. The Kier molecular flexibility index (Phi) is 3.50. The summed E-state index contributed by atoms with van der Waals surface area (Å²) in [5.74, 6) is 0.795. The third-order valence-corrected chi connectivity index (χ3v) is 4.85. The molecule has 0 aliphatic heterocycles. The van der Waals surface area contributed by atoms with Gasteiger partial charge in [-0.2, -0.15) is 5.10 Å². The second kappa shape index (κ2) is 5.19. The third kappa shape index (κ3) is 3.11. The van der Waals surface area contributed by atoms with E-state index in [9.17, 15) is 8.42 Å². The molecule has 3 rings (SSSR count). The van der Waals surface area contributed by atoms with Crippen LogP contribution in [0.1, 0.15) is 30.4 Å². The zero-order chi connectivity index (χ0) is 15.0. The summed E-state index contributed by atoms with van der Waals surface area (Å²) in [6.45, 7) is 1.87. The standard InChI is InChI=1S/C13H17N5O2S/c1-9-5-6-14-13(16-9)12(10-3-4-10)17-21(19,20)11-7-15-18(2)8-11/h5-8,10,12,17H,3-4H2,1-2H3. The normalized spacial score (nSPS) is 16.9. The molecule has 8 heteroatoms. The van der Waals surface area contributed by atoms with Gasteiger partial charge in [0.15, 0.2) is 0 Å². The lowest BCUT2D eigenvalue weighted by molar-refractivity contribution is 0.510. The van der Waals surface area contributed by atoms with Gasteiger partial charge in [0.25, 0.3) is 0 Å². The predicted molar refractivity (Wildman–Crippen MR) is 75.8 cm³/mol. The van der Waals surface area contributed by atoms with Crippen LogP contribution < -0.4 is 4.72 Å². The van der Waals surface area contributed by atoms with E-state index in [2.05, 4.69) is 19.8 Å². The SMILES string of the molecule is Cc1ccnc(C(NS(=O)(=O)c2cnn(C)c2)C2CC2)n1. The van der Waals surface area contributed by atoms with Crippen LogP contribution in [0.5, 0.6) is 0 Å². The Morgan fingerprint density at radius 3 is 2.76 bits per heavy atom. The fourth-order valence-corrected chi connectivity index (χ4v) is 3.43. The Morgan fingerprint density at radius 1 is 1.43 bits per heavy atom. The Bertz CT molecular complexity index is 751. The van der Waals surface area contributed by atoms with Gasteiger partial charge in [0.1, 0.15) is 10.7 Å². The van der Waals surface area contributed by atoms with E-state index < -0.39 is 10.0 Å². The van der Waals surface area contributed by atoms with Crippen molar-refractivity contribution in [3.05, 3.63) is 36.2 Å². The van der Waals surface area contributed by atoms with Crippen LogP contribution in [0.15, 0.2) is 29.6 Å². The van der Waals surface area contributed by atoms with Crippen LogP contribution in [-0.2, 0) is 17.1 Å². The van der Waals surface area contributed by atoms with Crippen molar-refractivity contribution in [3.63, 3.8) is 0 Å². The molecule has 0 aromatic carbocycles. The van der Waals surface area contributed by atoms with Crippen molar-refractivity contribution in [3.8, 4) is 0 Å². The zero-order valence-electron chi connectivity index (χ0n) is 11.9. The van der Waals surface area contributed by atoms with Gasteiger partial charge in [-0.15, -0.1) is 0 Å². The highest BCUT2D eigenvalue weighted by Crippen LogP contribution is 2.40. The first-order valence-corrected chi connectivity index (χ1v) is 8.24. The highest BCUT2D eigenvalue weighted by Gasteiger charge is 2.37. The molecule has 21 heavy (non-hydrogen) atoms. The first-order chi connectivity index (χ1) is 9.95. The Hall–Kier alpha value is -1.80. The fraction of sp³-hybridized carbons (Fsp3) is 0.462. The molecule has 2 heterocycles. The number of hydrogen-bond acceptors (Lipinski definition) is 5. The minimum absolute atomic E-state index is 0.156. The van der Waals surface area contributed by atoms with Crippen LogP contribution in [0.25, 0.3) is 0 Å². The average Bonchev–Trinajstić information content (AvgIpc) is 3.17. The molecule has 1 atom stereocenters. The second-order valence-corrected chi connectivity index (χ2v) is 7.06. The molecular formula is C13H17N5O2S. The van der Waals surface area contributed by atoms with Crippen LogP contribution in [0.4, 0.5) is 0 Å². The number of rotatable bonds is 5. The molecule has 0 amide bonds. The van der Waals surface area contributed by atoms with Crippen LogP contribution in [-0.4, -0.2) is 28.2 Å². The van der Waals surface area contributed by atoms with Crippen molar-refractivity contribution in [2.75, 3.05) is 0 Å². The van der Waals surface area contributed by atoms with Gasteiger partial charge in [-0.25, -0.2) is 23.1 Å². The van der Waals surface area contributed by atoms with Gasteiger partial charge in [0.05, 0.1) is 12.2 Å². The van der Waals surface area contributed by atoms with Crippen molar-refractivity contribution >= 4 is 10.0 Å². The summed E-state index contributed by atoms with van der Waals surface area (Å²) >= 11 is 0. The number of sulfonamides is 1. The molecule has 7 nitrogen and oxygen atoms in total. The summed E-state index contributed by atoms with van der Waals surface area (Å²) < 4.78 is 29.0. The van der Waals surface area contributed by atoms with Crippen molar-refractivity contribution < 1.29 is 8.42 Å². The maximum atomic E-state index is 12.4. The zero-order valence-corrected chi connectivity index (χ0v) is 12.7. The summed E-state index contributed by atoms with van der Waals surface area (Å²) in [6.07, 6.45) is 6.44. The lowest BCUT2D eigenvalue weighted by Crippen LogP contribution is -2.31. The van der Waals surface area contributed by atoms with Gasteiger partial charge in [-0.1, -0.05) is 0 Å². The van der Waals surface area contributed by atoms with Crippen LogP contribution >= 0.6 is 0 Å². The van der Waals surface area contributed by atoms with Crippen LogP contribution in [0, 0.1) is 12.8 Å². The molecule has 2 aromatic rings. The molecule has 1 unspecified atom stereocenters. The van der Waals surface area contributed by atoms with Crippen molar-refractivity contribution in [1.29, 1.82) is 0 Å². The van der Waals surface area contributed by atoms with E-state index >= 15 is 0 Å². The van der Waals surface area contributed by atoms with Crippen molar-refractivity contribution in [2.24, 2.45) is 13.0 Å². The number of nitrogens with one attached hydrogen (secondary N) is 1. The first kappa shape index (κ1) is 14.2. The highest BCUT2D eigenvalue weighted by atomic mass is 32.2. The molecule has 0 radical (unpaired) electrons. The van der Waals surface area contributed by atoms with Gasteiger partial charge in [0.2, 0.25) is 10.0 Å². The average molecular weight is 307 g/mol. The van der Waals surface area contributed by atoms with Gasteiger partial charge >= 0.3 is 0 Å². The van der Waals surface area contributed by atoms with Crippen molar-refractivity contribution in [2.45, 2.75) is 30.7 Å². The summed E-state index contributed by atoms with van der Waals surface area (Å²) in [5, 5.41) is 3.90. The molecule has 0 spiro atoms. The van der Waals surface area contributed by atoms with Gasteiger partial charge in [-0.05, 0) is 31.7 Å². The molecule has 1 saturated carbocycles. The molecular weight excluding hydrogens is 290 g/mol. The van der Waals surface area contributed by atoms with E-state index in [1.165, 1.54) is 17.1 Å². The van der Waals surface area contributed by atoms with Crippen LogP contribution in [0.2, 0.25) is 0 Å². The molecule has 0 bridgehead atoms. The topological polar surface area (TPSA) is 89.8 Å². The van der Waals surface area contributed by atoms with E-state index in [1.54, 1.807) is 19.3 Å². The van der Waals surface area contributed by atoms with Gasteiger partial charge < -0.3 is 0 Å². The van der Waals surface area contributed by atoms with E-state index in [1.807, 2.05) is 6.92 Å². The maximum absolute atomic E-state index is 12.4. The van der Waals surface area contributed by atoms with E-state index in [4.69, 9.17) is 0 Å². The summed E-state index contributed by atoms with van der Waals surface area (Å²) in [4.78, 5) is 8.74. The highest BCUT2D eigenvalue weighted by molar-refractivity contribution is 7.89. The van der Waals surface area contributed by atoms with E-state index in [-0.39, 0.29) is 16.9 Å². The van der Waals surface area contributed by atoms with Gasteiger partial charge in [0, 0.05) is 25.1 Å². The largest absolute Gasteiger partial charge is 0.274 e. The Morgan fingerprint density at radius 2 is 2.19 bits per heavy atom. The van der Waals surface area contributed by atoms with E-state index in [0.717, 1.165) is 18.5 Å². The molecule has 2 aromatic heterocycles. The molecule has 1 N–H and O–H groups in total. The minimum atomic E-state index is -3.62. The molecule has 1 aliphatic rings. The summed E-state index contributed by atoms with van der Waals surface area (Å²) in [7, 11) is -1.94. The monoisotopic (exact) mass is 307 g/mol. The molecule has 0 saturated heterocycles.